The topological polar surface area (TPSA) is 60.5 Å². The first-order valence-electron chi connectivity index (χ1n) is 4.15. The van der Waals surface area contributed by atoms with E-state index in [4.69, 9.17) is 10.5 Å². The highest BCUT2D eigenvalue weighted by Crippen LogP contribution is 2.25. The van der Waals surface area contributed by atoms with E-state index in [2.05, 4.69) is 4.98 Å². The molecule has 15 heavy (non-hydrogen) atoms. The van der Waals surface area contributed by atoms with Crippen LogP contribution in [0.25, 0.3) is 0 Å². The van der Waals surface area contributed by atoms with Crippen LogP contribution in [0, 0.1) is 29.6 Å². The van der Waals surface area contributed by atoms with E-state index >= 15 is 0 Å². The highest BCUT2D eigenvalue weighted by molar-refractivity contribution is 5.38. The molecule has 0 aliphatic carbocycles. The third-order valence-corrected chi connectivity index (χ3v) is 1.97. The quantitative estimate of drug-likeness (QED) is 0.747. The van der Waals surface area contributed by atoms with Gasteiger partial charge in [0.15, 0.2) is 0 Å². The SMILES string of the molecule is Cc1nc(C#N)cc(C(F)F)c1CC#N. The lowest BCUT2D eigenvalue weighted by molar-refractivity contribution is 0.150. The van der Waals surface area contributed by atoms with Crippen molar-refractivity contribution >= 4 is 0 Å². The Balaban J connectivity index is 3.38. The molecule has 0 saturated carbocycles. The molecule has 0 unspecified atom stereocenters. The number of pyridine rings is 1. The van der Waals surface area contributed by atoms with E-state index < -0.39 is 6.43 Å². The highest BCUT2D eigenvalue weighted by atomic mass is 19.3. The maximum absolute atomic E-state index is 12.6. The summed E-state index contributed by atoms with van der Waals surface area (Å²) in [5.41, 5.74) is 0.197. The standard InChI is InChI=1S/C10H7F2N3/c1-6-8(2-3-13)9(10(11)12)4-7(5-14)15-6/h4,10H,2H2,1H3. The minimum Gasteiger partial charge on any atom is -0.242 e. The van der Waals surface area contributed by atoms with Crippen LogP contribution in [-0.4, -0.2) is 4.98 Å². The molecule has 0 saturated heterocycles. The third kappa shape index (κ3) is 2.26. The van der Waals surface area contributed by atoms with Gasteiger partial charge in [0.25, 0.3) is 6.43 Å². The molecule has 1 aromatic heterocycles. The summed E-state index contributed by atoms with van der Waals surface area (Å²) >= 11 is 0. The lowest BCUT2D eigenvalue weighted by atomic mass is 10.0. The molecule has 0 aliphatic rings. The number of aromatic nitrogens is 1. The van der Waals surface area contributed by atoms with E-state index in [0.29, 0.717) is 5.69 Å². The van der Waals surface area contributed by atoms with Gasteiger partial charge in [-0.05, 0) is 18.6 Å². The van der Waals surface area contributed by atoms with Crippen molar-refractivity contribution in [1.29, 1.82) is 10.5 Å². The summed E-state index contributed by atoms with van der Waals surface area (Å²) < 4.78 is 25.2. The Kier molecular flexibility index (Phi) is 3.30. The summed E-state index contributed by atoms with van der Waals surface area (Å²) in [4.78, 5) is 3.81. The molecule has 0 amide bonds. The molecule has 0 aromatic carbocycles. The molecule has 0 aliphatic heterocycles. The maximum atomic E-state index is 12.6. The van der Waals surface area contributed by atoms with Crippen LogP contribution in [0.4, 0.5) is 8.78 Å². The van der Waals surface area contributed by atoms with Gasteiger partial charge < -0.3 is 0 Å². The Morgan fingerprint density at radius 1 is 1.47 bits per heavy atom. The first-order valence-corrected chi connectivity index (χ1v) is 4.15. The van der Waals surface area contributed by atoms with Gasteiger partial charge in [-0.25, -0.2) is 13.8 Å². The number of alkyl halides is 2. The Morgan fingerprint density at radius 3 is 2.60 bits per heavy atom. The maximum Gasteiger partial charge on any atom is 0.264 e. The fraction of sp³-hybridized carbons (Fsp3) is 0.300. The second kappa shape index (κ2) is 4.47. The van der Waals surface area contributed by atoms with Crippen LogP contribution >= 0.6 is 0 Å². The number of hydrogen-bond acceptors (Lipinski definition) is 3. The predicted molar refractivity (Wildman–Crippen MR) is 48.0 cm³/mol. The van der Waals surface area contributed by atoms with E-state index in [-0.39, 0.29) is 23.2 Å². The van der Waals surface area contributed by atoms with E-state index in [0.717, 1.165) is 6.07 Å². The lowest BCUT2D eigenvalue weighted by Gasteiger charge is -2.08. The molecule has 1 aromatic rings. The molecule has 0 atom stereocenters. The smallest absolute Gasteiger partial charge is 0.242 e. The van der Waals surface area contributed by atoms with Crippen molar-refractivity contribution in [1.82, 2.24) is 4.98 Å². The van der Waals surface area contributed by atoms with Gasteiger partial charge in [0.1, 0.15) is 11.8 Å². The number of halogens is 2. The highest BCUT2D eigenvalue weighted by Gasteiger charge is 2.17. The molecular formula is C10H7F2N3. The average Bonchev–Trinajstić information content (AvgIpc) is 2.20. The van der Waals surface area contributed by atoms with Crippen LogP contribution < -0.4 is 0 Å². The zero-order valence-corrected chi connectivity index (χ0v) is 7.96. The van der Waals surface area contributed by atoms with Gasteiger partial charge in [0, 0.05) is 11.3 Å². The monoisotopic (exact) mass is 207 g/mol. The minimum atomic E-state index is -2.69. The van der Waals surface area contributed by atoms with Crippen molar-refractivity contribution < 1.29 is 8.78 Å². The summed E-state index contributed by atoms with van der Waals surface area (Å²) in [6.07, 6.45) is -2.81. The molecule has 1 heterocycles. The summed E-state index contributed by atoms with van der Waals surface area (Å²) in [6, 6.07) is 4.54. The van der Waals surface area contributed by atoms with Crippen LogP contribution in [0.2, 0.25) is 0 Å². The Bertz CT molecular complexity index is 455. The number of nitrogens with zero attached hydrogens (tertiary/aromatic N) is 3. The molecule has 0 bridgehead atoms. The van der Waals surface area contributed by atoms with Crippen LogP contribution in [0.15, 0.2) is 6.07 Å². The molecule has 0 radical (unpaired) electrons. The van der Waals surface area contributed by atoms with Crippen LogP contribution in [-0.2, 0) is 6.42 Å². The van der Waals surface area contributed by atoms with Gasteiger partial charge in [-0.2, -0.15) is 10.5 Å². The normalized spacial score (nSPS) is 9.73. The van der Waals surface area contributed by atoms with Crippen molar-refractivity contribution in [2.45, 2.75) is 19.8 Å². The number of hydrogen-bond donors (Lipinski definition) is 0. The number of nitriles is 2. The first kappa shape index (κ1) is 11.1. The van der Waals surface area contributed by atoms with Gasteiger partial charge in [0.2, 0.25) is 0 Å². The fourth-order valence-electron chi connectivity index (χ4n) is 1.28. The zero-order chi connectivity index (χ0) is 11.4. The van der Waals surface area contributed by atoms with Gasteiger partial charge in [-0.15, -0.1) is 0 Å². The second-order valence-electron chi connectivity index (χ2n) is 2.91. The molecule has 0 N–H and O–H groups in total. The molecular weight excluding hydrogens is 200 g/mol. The fourth-order valence-corrected chi connectivity index (χ4v) is 1.28. The summed E-state index contributed by atoms with van der Waals surface area (Å²) in [5, 5.41) is 17.1. The van der Waals surface area contributed by atoms with Crippen molar-refractivity contribution in [3.05, 3.63) is 28.6 Å². The van der Waals surface area contributed by atoms with Gasteiger partial charge in [-0.3, -0.25) is 0 Å². The summed E-state index contributed by atoms with van der Waals surface area (Å²) in [7, 11) is 0. The van der Waals surface area contributed by atoms with Crippen LogP contribution in [0.5, 0.6) is 0 Å². The predicted octanol–water partition coefficient (Wildman–Crippen LogP) is 2.27. The lowest BCUT2D eigenvalue weighted by Crippen LogP contribution is -2.02. The van der Waals surface area contributed by atoms with Crippen molar-refractivity contribution in [2.75, 3.05) is 0 Å². The average molecular weight is 207 g/mol. The molecule has 76 valence electrons. The largest absolute Gasteiger partial charge is 0.264 e. The van der Waals surface area contributed by atoms with Crippen LogP contribution in [0.3, 0.4) is 0 Å². The van der Waals surface area contributed by atoms with Crippen molar-refractivity contribution in [3.8, 4) is 12.1 Å². The minimum absolute atomic E-state index is 0.0514. The molecule has 1 rings (SSSR count). The Hall–Kier alpha value is -2.01. The second-order valence-corrected chi connectivity index (χ2v) is 2.91. The summed E-state index contributed by atoms with van der Waals surface area (Å²) in [6.45, 7) is 1.51. The molecule has 0 spiro atoms. The summed E-state index contributed by atoms with van der Waals surface area (Å²) in [5.74, 6) is 0. The Morgan fingerprint density at radius 2 is 2.13 bits per heavy atom. The van der Waals surface area contributed by atoms with Crippen molar-refractivity contribution in [3.63, 3.8) is 0 Å². The van der Waals surface area contributed by atoms with Gasteiger partial charge in [0.05, 0.1) is 12.5 Å². The Labute approximate surface area is 85.6 Å². The molecule has 3 nitrogen and oxygen atoms in total. The zero-order valence-electron chi connectivity index (χ0n) is 7.96. The van der Waals surface area contributed by atoms with Crippen LogP contribution in [0.1, 0.15) is 28.9 Å². The van der Waals surface area contributed by atoms with Crippen molar-refractivity contribution in [2.24, 2.45) is 0 Å². The van der Waals surface area contributed by atoms with E-state index in [1.54, 1.807) is 12.1 Å². The van der Waals surface area contributed by atoms with E-state index in [1.165, 1.54) is 6.92 Å². The van der Waals surface area contributed by atoms with Gasteiger partial charge >= 0.3 is 0 Å². The molecule has 5 heteroatoms. The van der Waals surface area contributed by atoms with Gasteiger partial charge in [-0.1, -0.05) is 0 Å². The van der Waals surface area contributed by atoms with E-state index in [9.17, 15) is 8.78 Å². The van der Waals surface area contributed by atoms with E-state index in [1.807, 2.05) is 0 Å². The first-order chi connectivity index (χ1) is 7.10. The number of rotatable bonds is 2. The third-order valence-electron chi connectivity index (χ3n) is 1.97. The molecule has 0 fully saturated rings. The number of aryl methyl sites for hydroxylation is 1.